The standard InChI is InChI=1S/C16H24FN3O/c1-10(2)7-12(20(3)4)9-18-15-13-8-11(17)5-6-14(13)19-16(15)21/h5-6,8,10,12,15,18H,7,9H2,1-4H3,(H,19,21). The molecule has 0 saturated heterocycles. The lowest BCUT2D eigenvalue weighted by Gasteiger charge is -2.27. The molecule has 116 valence electrons. The molecule has 0 saturated carbocycles. The van der Waals surface area contributed by atoms with Crippen LogP contribution < -0.4 is 10.6 Å². The third-order valence-corrected chi connectivity index (χ3v) is 3.88. The molecule has 0 bridgehead atoms. The molecule has 2 atom stereocenters. The number of rotatable bonds is 6. The predicted molar refractivity (Wildman–Crippen MR) is 82.7 cm³/mol. The molecule has 1 heterocycles. The highest BCUT2D eigenvalue weighted by atomic mass is 19.1. The molecular formula is C16H24FN3O. The second-order valence-corrected chi connectivity index (χ2v) is 6.31. The number of hydrogen-bond donors (Lipinski definition) is 2. The number of carbonyl (C=O) groups excluding carboxylic acids is 1. The summed E-state index contributed by atoms with van der Waals surface area (Å²) in [5.41, 5.74) is 1.39. The fourth-order valence-electron chi connectivity index (χ4n) is 2.71. The zero-order valence-electron chi connectivity index (χ0n) is 13.1. The molecule has 2 N–H and O–H groups in total. The minimum Gasteiger partial charge on any atom is -0.324 e. The Morgan fingerprint density at radius 1 is 1.38 bits per heavy atom. The Morgan fingerprint density at radius 2 is 2.10 bits per heavy atom. The van der Waals surface area contributed by atoms with E-state index in [1.54, 1.807) is 6.07 Å². The van der Waals surface area contributed by atoms with Gasteiger partial charge in [-0.15, -0.1) is 0 Å². The molecule has 2 rings (SSSR count). The van der Waals surface area contributed by atoms with Crippen molar-refractivity contribution in [1.82, 2.24) is 10.2 Å². The summed E-state index contributed by atoms with van der Waals surface area (Å²) in [7, 11) is 4.08. The van der Waals surface area contributed by atoms with Crippen molar-refractivity contribution in [3.63, 3.8) is 0 Å². The summed E-state index contributed by atoms with van der Waals surface area (Å²) in [6.07, 6.45) is 1.05. The number of carbonyl (C=O) groups is 1. The predicted octanol–water partition coefficient (Wildman–Crippen LogP) is 2.38. The van der Waals surface area contributed by atoms with E-state index < -0.39 is 6.04 Å². The van der Waals surface area contributed by atoms with Crippen LogP contribution in [0.25, 0.3) is 0 Å². The van der Waals surface area contributed by atoms with Crippen molar-refractivity contribution in [2.24, 2.45) is 5.92 Å². The second kappa shape index (κ2) is 6.54. The van der Waals surface area contributed by atoms with Crippen LogP contribution in [0.4, 0.5) is 10.1 Å². The molecule has 1 aliphatic rings. The Hall–Kier alpha value is -1.46. The first-order valence-electron chi connectivity index (χ1n) is 7.38. The van der Waals surface area contributed by atoms with E-state index in [4.69, 9.17) is 0 Å². The van der Waals surface area contributed by atoms with Gasteiger partial charge >= 0.3 is 0 Å². The molecule has 0 aromatic heterocycles. The fourth-order valence-corrected chi connectivity index (χ4v) is 2.71. The third-order valence-electron chi connectivity index (χ3n) is 3.88. The van der Waals surface area contributed by atoms with Gasteiger partial charge in [0.05, 0.1) is 0 Å². The van der Waals surface area contributed by atoms with E-state index in [0.29, 0.717) is 29.8 Å². The zero-order chi connectivity index (χ0) is 15.6. The monoisotopic (exact) mass is 293 g/mol. The van der Waals surface area contributed by atoms with Gasteiger partial charge < -0.3 is 15.5 Å². The molecule has 0 radical (unpaired) electrons. The van der Waals surface area contributed by atoms with Crippen molar-refractivity contribution in [2.45, 2.75) is 32.4 Å². The highest BCUT2D eigenvalue weighted by Gasteiger charge is 2.31. The lowest BCUT2D eigenvalue weighted by atomic mass is 10.0. The van der Waals surface area contributed by atoms with Crippen LogP contribution in [0.3, 0.4) is 0 Å². The molecule has 1 aromatic rings. The average Bonchev–Trinajstić information content (AvgIpc) is 2.69. The van der Waals surface area contributed by atoms with Gasteiger partial charge in [0.2, 0.25) is 5.91 Å². The van der Waals surface area contributed by atoms with Crippen LogP contribution in [-0.2, 0) is 4.79 Å². The SMILES string of the molecule is CC(C)CC(CNC1C(=O)Nc2ccc(F)cc21)N(C)C. The maximum absolute atomic E-state index is 13.4. The minimum absolute atomic E-state index is 0.113. The fraction of sp³-hybridized carbons (Fsp3) is 0.562. The highest BCUT2D eigenvalue weighted by Crippen LogP contribution is 2.31. The molecule has 21 heavy (non-hydrogen) atoms. The van der Waals surface area contributed by atoms with Crippen LogP contribution >= 0.6 is 0 Å². The normalized spacial score (nSPS) is 19.0. The maximum Gasteiger partial charge on any atom is 0.246 e. The molecule has 1 amide bonds. The smallest absolute Gasteiger partial charge is 0.246 e. The number of hydrogen-bond acceptors (Lipinski definition) is 3. The summed E-state index contributed by atoms with van der Waals surface area (Å²) in [5, 5.41) is 6.07. The van der Waals surface area contributed by atoms with E-state index in [2.05, 4.69) is 29.4 Å². The van der Waals surface area contributed by atoms with Crippen molar-refractivity contribution < 1.29 is 9.18 Å². The number of benzene rings is 1. The molecular weight excluding hydrogens is 269 g/mol. The van der Waals surface area contributed by atoms with E-state index in [1.165, 1.54) is 12.1 Å². The van der Waals surface area contributed by atoms with Crippen LogP contribution in [0.1, 0.15) is 31.9 Å². The first kappa shape index (κ1) is 15.9. The molecule has 0 fully saturated rings. The van der Waals surface area contributed by atoms with Crippen LogP contribution in [-0.4, -0.2) is 37.5 Å². The second-order valence-electron chi connectivity index (χ2n) is 6.31. The van der Waals surface area contributed by atoms with Gasteiger partial charge in [0.1, 0.15) is 11.9 Å². The van der Waals surface area contributed by atoms with Crippen molar-refractivity contribution >= 4 is 11.6 Å². The maximum atomic E-state index is 13.4. The number of halogens is 1. The van der Waals surface area contributed by atoms with Gasteiger partial charge in [0.15, 0.2) is 0 Å². The van der Waals surface area contributed by atoms with E-state index in [-0.39, 0.29) is 11.7 Å². The molecule has 5 heteroatoms. The van der Waals surface area contributed by atoms with E-state index in [0.717, 1.165) is 6.42 Å². The molecule has 2 unspecified atom stereocenters. The summed E-state index contributed by atoms with van der Waals surface area (Å²) >= 11 is 0. The Balaban J connectivity index is 2.06. The van der Waals surface area contributed by atoms with Gasteiger partial charge in [-0.25, -0.2) is 4.39 Å². The van der Waals surface area contributed by atoms with E-state index >= 15 is 0 Å². The van der Waals surface area contributed by atoms with Crippen LogP contribution in [0.5, 0.6) is 0 Å². The van der Waals surface area contributed by atoms with E-state index in [9.17, 15) is 9.18 Å². The Kier molecular flexibility index (Phi) is 4.96. The van der Waals surface area contributed by atoms with Gasteiger partial charge in [-0.2, -0.15) is 0 Å². The van der Waals surface area contributed by atoms with Gasteiger partial charge in [0, 0.05) is 23.8 Å². The largest absolute Gasteiger partial charge is 0.324 e. The third kappa shape index (κ3) is 3.80. The molecule has 0 aliphatic carbocycles. The van der Waals surface area contributed by atoms with Gasteiger partial charge in [-0.05, 0) is 44.6 Å². The lowest BCUT2D eigenvalue weighted by molar-refractivity contribution is -0.117. The molecule has 1 aromatic carbocycles. The summed E-state index contributed by atoms with van der Waals surface area (Å²) in [5.74, 6) is 0.155. The van der Waals surface area contributed by atoms with Crippen molar-refractivity contribution in [3.05, 3.63) is 29.6 Å². The zero-order valence-corrected chi connectivity index (χ0v) is 13.1. The van der Waals surface area contributed by atoms with Crippen molar-refractivity contribution in [3.8, 4) is 0 Å². The Bertz CT molecular complexity index is 516. The van der Waals surface area contributed by atoms with Crippen LogP contribution in [0.2, 0.25) is 0 Å². The van der Waals surface area contributed by atoms with Crippen LogP contribution in [0, 0.1) is 11.7 Å². The molecule has 4 nitrogen and oxygen atoms in total. The number of nitrogens with one attached hydrogen (secondary N) is 2. The molecule has 0 spiro atoms. The number of fused-ring (bicyclic) bond motifs is 1. The summed E-state index contributed by atoms with van der Waals surface area (Å²) < 4.78 is 13.4. The number of likely N-dealkylation sites (N-methyl/N-ethyl adjacent to an activating group) is 1. The number of anilines is 1. The average molecular weight is 293 g/mol. The summed E-state index contributed by atoms with van der Waals surface area (Å²) in [6, 6.07) is 4.28. The van der Waals surface area contributed by atoms with Gasteiger partial charge in [-0.3, -0.25) is 4.79 Å². The Morgan fingerprint density at radius 3 is 2.71 bits per heavy atom. The van der Waals surface area contributed by atoms with Crippen molar-refractivity contribution in [2.75, 3.05) is 26.0 Å². The minimum atomic E-state index is -0.467. The summed E-state index contributed by atoms with van der Waals surface area (Å²) in [4.78, 5) is 14.2. The highest BCUT2D eigenvalue weighted by molar-refractivity contribution is 6.02. The summed E-state index contributed by atoms with van der Waals surface area (Å²) in [6.45, 7) is 5.06. The van der Waals surface area contributed by atoms with Crippen LogP contribution in [0.15, 0.2) is 18.2 Å². The van der Waals surface area contributed by atoms with Crippen molar-refractivity contribution in [1.29, 1.82) is 0 Å². The first-order chi connectivity index (χ1) is 9.88. The number of amides is 1. The quantitative estimate of drug-likeness (QED) is 0.846. The first-order valence-corrected chi connectivity index (χ1v) is 7.38. The lowest BCUT2D eigenvalue weighted by Crippen LogP contribution is -2.41. The Labute approximate surface area is 125 Å². The van der Waals surface area contributed by atoms with Gasteiger partial charge in [-0.1, -0.05) is 13.8 Å². The van der Waals surface area contributed by atoms with E-state index in [1.807, 2.05) is 14.1 Å². The molecule has 1 aliphatic heterocycles. The number of nitrogens with zero attached hydrogens (tertiary/aromatic N) is 1. The topological polar surface area (TPSA) is 44.4 Å². The van der Waals surface area contributed by atoms with Gasteiger partial charge in [0.25, 0.3) is 0 Å².